The normalized spacial score (nSPS) is 16.8. The van der Waals surface area contributed by atoms with Crippen molar-refractivity contribution in [2.75, 3.05) is 33.7 Å². The van der Waals surface area contributed by atoms with Crippen molar-refractivity contribution in [3.8, 4) is 0 Å². The lowest BCUT2D eigenvalue weighted by Gasteiger charge is -2.18. The van der Waals surface area contributed by atoms with E-state index in [1.54, 1.807) is 18.9 Å². The smallest absolute Gasteiger partial charge is 0.233 e. The van der Waals surface area contributed by atoms with E-state index in [0.717, 1.165) is 5.17 Å². The zero-order chi connectivity index (χ0) is 10.5. The van der Waals surface area contributed by atoms with Crippen LogP contribution in [0.5, 0.6) is 0 Å². The molecule has 0 saturated carbocycles. The molecule has 0 radical (unpaired) electrons. The van der Waals surface area contributed by atoms with Crippen LogP contribution in [-0.2, 0) is 16.3 Å². The molecule has 78 valence electrons. The first-order valence-corrected chi connectivity index (χ1v) is 9.25. The van der Waals surface area contributed by atoms with Crippen molar-refractivity contribution in [2.24, 2.45) is 4.76 Å². The Balaban J connectivity index is 4.75. The Morgan fingerprint density at radius 2 is 2.00 bits per heavy atom. The molecule has 0 amide bonds. The SMILES string of the molecule is COP(=S)(N=C(SC)N(C)C)SC. The van der Waals surface area contributed by atoms with E-state index >= 15 is 0 Å². The molecule has 0 aliphatic rings. The maximum atomic E-state index is 5.29. The van der Waals surface area contributed by atoms with E-state index < -0.39 is 5.62 Å². The highest BCUT2D eigenvalue weighted by atomic mass is 32.9. The molecule has 0 rings (SSSR count). The van der Waals surface area contributed by atoms with Crippen molar-refractivity contribution in [2.45, 2.75) is 0 Å². The second kappa shape index (κ2) is 6.30. The van der Waals surface area contributed by atoms with E-state index in [9.17, 15) is 0 Å². The average Bonchev–Trinajstić information content (AvgIpc) is 2.13. The van der Waals surface area contributed by atoms with Gasteiger partial charge in [-0.3, -0.25) is 0 Å². The Bertz CT molecular complexity index is 224. The first-order valence-electron chi connectivity index (χ1n) is 3.52. The number of thioether (sulfide) groups is 1. The second-order valence-corrected chi connectivity index (χ2v) is 9.71. The summed E-state index contributed by atoms with van der Waals surface area (Å²) in [6, 6.07) is 0. The summed E-state index contributed by atoms with van der Waals surface area (Å²) in [7, 11) is 5.52. The molecular weight excluding hydrogens is 243 g/mol. The van der Waals surface area contributed by atoms with Crippen LogP contribution in [0.15, 0.2) is 4.76 Å². The fraction of sp³-hybridized carbons (Fsp3) is 0.833. The van der Waals surface area contributed by atoms with E-state index in [2.05, 4.69) is 4.76 Å². The first-order chi connectivity index (χ1) is 5.99. The molecular formula is C6H15N2OPS3. The van der Waals surface area contributed by atoms with E-state index in [1.807, 2.05) is 31.5 Å². The van der Waals surface area contributed by atoms with Gasteiger partial charge in [0.15, 0.2) is 5.17 Å². The van der Waals surface area contributed by atoms with Crippen molar-refractivity contribution in [3.63, 3.8) is 0 Å². The molecule has 0 aliphatic heterocycles. The minimum Gasteiger partial charge on any atom is -0.357 e. The molecule has 1 atom stereocenters. The van der Waals surface area contributed by atoms with Gasteiger partial charge < -0.3 is 9.42 Å². The third-order valence-corrected chi connectivity index (χ3v) is 7.66. The fourth-order valence-electron chi connectivity index (χ4n) is 0.574. The maximum Gasteiger partial charge on any atom is 0.233 e. The summed E-state index contributed by atoms with van der Waals surface area (Å²) in [4.78, 5) is 1.95. The van der Waals surface area contributed by atoms with Crippen LogP contribution >= 0.6 is 28.8 Å². The van der Waals surface area contributed by atoms with E-state index in [4.69, 9.17) is 16.3 Å². The van der Waals surface area contributed by atoms with Crippen molar-refractivity contribution < 1.29 is 4.52 Å². The summed E-state index contributed by atoms with van der Waals surface area (Å²) in [6.07, 6.45) is 3.91. The van der Waals surface area contributed by atoms with Crippen LogP contribution in [0.25, 0.3) is 0 Å². The molecule has 0 aliphatic carbocycles. The number of rotatable bonds is 3. The lowest BCUT2D eigenvalue weighted by Crippen LogP contribution is -2.17. The summed E-state index contributed by atoms with van der Waals surface area (Å²) in [5.41, 5.74) is -2.03. The third-order valence-electron chi connectivity index (χ3n) is 1.23. The van der Waals surface area contributed by atoms with Gasteiger partial charge in [0.2, 0.25) is 5.62 Å². The minimum absolute atomic E-state index is 0.916. The standard InChI is InChI=1S/C6H15N2OPS3/c1-8(2)6(12-4)7-10(11,9-3)13-5/h1-5H3. The summed E-state index contributed by atoms with van der Waals surface area (Å²) in [5, 5.41) is 0.916. The number of nitrogens with zero attached hydrogens (tertiary/aromatic N) is 2. The molecule has 0 bridgehead atoms. The van der Waals surface area contributed by atoms with Gasteiger partial charge in [-0.1, -0.05) is 23.1 Å². The lowest BCUT2D eigenvalue weighted by molar-refractivity contribution is 0.470. The average molecular weight is 258 g/mol. The van der Waals surface area contributed by atoms with Gasteiger partial charge in [0.05, 0.1) is 0 Å². The largest absolute Gasteiger partial charge is 0.357 e. The van der Waals surface area contributed by atoms with Gasteiger partial charge in [-0.05, 0) is 24.3 Å². The number of hydrogen-bond donors (Lipinski definition) is 0. The van der Waals surface area contributed by atoms with Crippen molar-refractivity contribution in [3.05, 3.63) is 0 Å². The maximum absolute atomic E-state index is 5.29. The minimum atomic E-state index is -2.03. The van der Waals surface area contributed by atoms with E-state index in [0.29, 0.717) is 0 Å². The van der Waals surface area contributed by atoms with Crippen LogP contribution in [0.2, 0.25) is 0 Å². The fourth-order valence-corrected chi connectivity index (χ4v) is 3.78. The van der Waals surface area contributed by atoms with Crippen molar-refractivity contribution in [1.82, 2.24) is 4.90 Å². The predicted octanol–water partition coefficient (Wildman–Crippen LogP) is 2.50. The molecule has 7 heteroatoms. The van der Waals surface area contributed by atoms with Crippen LogP contribution in [0.4, 0.5) is 0 Å². The molecule has 3 nitrogen and oxygen atoms in total. The molecule has 0 aromatic carbocycles. The first kappa shape index (κ1) is 13.8. The van der Waals surface area contributed by atoms with E-state index in [1.165, 1.54) is 11.4 Å². The molecule has 1 unspecified atom stereocenters. The van der Waals surface area contributed by atoms with Crippen molar-refractivity contribution >= 4 is 45.7 Å². The topological polar surface area (TPSA) is 24.8 Å². The van der Waals surface area contributed by atoms with Gasteiger partial charge in [0.25, 0.3) is 0 Å². The Hall–Kier alpha value is 0.780. The summed E-state index contributed by atoms with van der Waals surface area (Å²) in [6.45, 7) is 0. The molecule has 13 heavy (non-hydrogen) atoms. The van der Waals surface area contributed by atoms with Crippen LogP contribution in [0.3, 0.4) is 0 Å². The van der Waals surface area contributed by atoms with Crippen LogP contribution < -0.4 is 0 Å². The van der Waals surface area contributed by atoms with Gasteiger partial charge in [0.1, 0.15) is 0 Å². The Labute approximate surface area is 93.6 Å². The van der Waals surface area contributed by atoms with Crippen LogP contribution in [-0.4, -0.2) is 43.8 Å². The van der Waals surface area contributed by atoms with Gasteiger partial charge in [-0.2, -0.15) is 4.76 Å². The van der Waals surface area contributed by atoms with Crippen molar-refractivity contribution in [1.29, 1.82) is 0 Å². The Kier molecular flexibility index (Phi) is 6.68. The highest BCUT2D eigenvalue weighted by Gasteiger charge is 2.14. The highest BCUT2D eigenvalue weighted by Crippen LogP contribution is 2.59. The molecule has 0 fully saturated rings. The Morgan fingerprint density at radius 1 is 1.46 bits per heavy atom. The van der Waals surface area contributed by atoms with Gasteiger partial charge in [0, 0.05) is 21.2 Å². The zero-order valence-corrected chi connectivity index (χ0v) is 11.8. The Morgan fingerprint density at radius 3 is 2.23 bits per heavy atom. The quantitative estimate of drug-likeness (QED) is 0.440. The summed E-state index contributed by atoms with van der Waals surface area (Å²) >= 11 is 8.38. The third kappa shape index (κ3) is 4.70. The monoisotopic (exact) mass is 258 g/mol. The van der Waals surface area contributed by atoms with Gasteiger partial charge >= 0.3 is 0 Å². The lowest BCUT2D eigenvalue weighted by atomic mass is 10.9. The molecule has 0 aromatic heterocycles. The molecule has 0 N–H and O–H groups in total. The number of amidine groups is 1. The second-order valence-electron chi connectivity index (χ2n) is 2.31. The van der Waals surface area contributed by atoms with Gasteiger partial charge in [-0.25, -0.2) is 0 Å². The van der Waals surface area contributed by atoms with Crippen LogP contribution in [0.1, 0.15) is 0 Å². The predicted molar refractivity (Wildman–Crippen MR) is 69.4 cm³/mol. The van der Waals surface area contributed by atoms with Gasteiger partial charge in [-0.15, -0.1) is 0 Å². The highest BCUT2D eigenvalue weighted by molar-refractivity contribution is 8.68. The summed E-state index contributed by atoms with van der Waals surface area (Å²) in [5.74, 6) is 0. The number of hydrogen-bond acceptors (Lipinski definition) is 4. The summed E-state index contributed by atoms with van der Waals surface area (Å²) < 4.78 is 9.67. The zero-order valence-electron chi connectivity index (χ0n) is 8.47. The van der Waals surface area contributed by atoms with Crippen LogP contribution in [0, 0.1) is 0 Å². The molecule has 0 aromatic rings. The molecule has 0 saturated heterocycles. The molecule has 0 heterocycles. The van der Waals surface area contributed by atoms with E-state index in [-0.39, 0.29) is 0 Å². The molecule has 0 spiro atoms.